The van der Waals surface area contributed by atoms with Crippen LogP contribution in [0.4, 0.5) is 14.5 Å². The summed E-state index contributed by atoms with van der Waals surface area (Å²) in [5, 5.41) is 3.27. The molecule has 1 amide bonds. The van der Waals surface area contributed by atoms with E-state index in [1.165, 1.54) is 11.2 Å². The quantitative estimate of drug-likeness (QED) is 0.586. The van der Waals surface area contributed by atoms with Crippen molar-refractivity contribution in [3.63, 3.8) is 0 Å². The molecule has 1 aliphatic heterocycles. The van der Waals surface area contributed by atoms with Crippen LogP contribution in [0.5, 0.6) is 11.5 Å². The fraction of sp³-hybridized carbons (Fsp3) is 0.227. The Bertz CT molecular complexity index is 1020. The van der Waals surface area contributed by atoms with Gasteiger partial charge >= 0.3 is 6.61 Å². The molecule has 0 saturated carbocycles. The Morgan fingerprint density at radius 1 is 1.13 bits per heavy atom. The Labute approximate surface area is 172 Å². The van der Waals surface area contributed by atoms with E-state index in [9.17, 15) is 13.6 Å². The molecule has 3 aromatic rings. The summed E-state index contributed by atoms with van der Waals surface area (Å²) in [6.45, 7) is -0.875. The van der Waals surface area contributed by atoms with Crippen LogP contribution in [0.1, 0.15) is 34.8 Å². The van der Waals surface area contributed by atoms with Gasteiger partial charge in [-0.2, -0.15) is 8.78 Å². The second kappa shape index (κ2) is 8.44. The molecule has 1 aromatic heterocycles. The van der Waals surface area contributed by atoms with Crippen molar-refractivity contribution in [1.29, 1.82) is 0 Å². The molecular formula is C22H20F2N2O4. The number of benzene rings is 2. The van der Waals surface area contributed by atoms with Crippen molar-refractivity contribution in [1.82, 2.24) is 4.90 Å². The predicted molar refractivity (Wildman–Crippen MR) is 106 cm³/mol. The number of nitrogens with one attached hydrogen (secondary N) is 1. The largest absolute Gasteiger partial charge is 0.490 e. The number of nitrogens with zero attached hydrogens (tertiary/aromatic N) is 1. The summed E-state index contributed by atoms with van der Waals surface area (Å²) in [5.41, 5.74) is 1.45. The minimum atomic E-state index is -3.05. The van der Waals surface area contributed by atoms with Crippen LogP contribution in [0.15, 0.2) is 65.3 Å². The Morgan fingerprint density at radius 2 is 1.97 bits per heavy atom. The minimum absolute atomic E-state index is 0.108. The maximum absolute atomic E-state index is 13.3. The Morgan fingerprint density at radius 3 is 2.70 bits per heavy atom. The number of halogens is 2. The lowest BCUT2D eigenvalue weighted by Crippen LogP contribution is -2.42. The second-order valence-electron chi connectivity index (χ2n) is 6.59. The molecule has 1 atom stereocenters. The van der Waals surface area contributed by atoms with E-state index in [0.717, 1.165) is 0 Å². The number of fused-ring (bicyclic) bond motifs is 1. The number of hydrogen-bond acceptors (Lipinski definition) is 5. The summed E-state index contributed by atoms with van der Waals surface area (Å²) < 4.78 is 42.2. The highest BCUT2D eigenvalue weighted by molar-refractivity contribution is 6.01. The number of para-hydroxylation sites is 2. The number of hydrogen-bond donors (Lipinski definition) is 1. The Kier molecular flexibility index (Phi) is 5.56. The lowest BCUT2D eigenvalue weighted by Gasteiger charge is -2.38. The minimum Gasteiger partial charge on any atom is -0.490 e. The van der Waals surface area contributed by atoms with E-state index >= 15 is 0 Å². The standard InChI is InChI=1S/C22H20F2N2O4/c1-2-28-18-11-5-9-16(19(18)30-22(23)24)20-25-17-10-4-3-8-15(17)21(27)26(20)13-14-7-6-12-29-14/h3-12,20,22,25H,2,13H2,1H3/t20-/m1/s1. The molecule has 8 heteroatoms. The Balaban J connectivity index is 1.82. The van der Waals surface area contributed by atoms with Gasteiger partial charge in [0.15, 0.2) is 11.5 Å². The molecule has 0 saturated heterocycles. The molecule has 2 heterocycles. The highest BCUT2D eigenvalue weighted by atomic mass is 19.3. The van der Waals surface area contributed by atoms with E-state index in [4.69, 9.17) is 13.9 Å². The average Bonchev–Trinajstić information content (AvgIpc) is 3.24. The van der Waals surface area contributed by atoms with Crippen molar-refractivity contribution in [3.05, 3.63) is 77.7 Å². The molecule has 0 fully saturated rings. The van der Waals surface area contributed by atoms with Gasteiger partial charge in [-0.25, -0.2) is 0 Å². The number of carbonyl (C=O) groups excluding carboxylic acids is 1. The number of carbonyl (C=O) groups is 1. The number of anilines is 1. The SMILES string of the molecule is CCOc1cccc([C@@H]2Nc3ccccc3C(=O)N2Cc2ccco2)c1OC(F)F. The monoisotopic (exact) mass is 414 g/mol. The van der Waals surface area contributed by atoms with Crippen molar-refractivity contribution in [2.24, 2.45) is 0 Å². The number of furan rings is 1. The van der Waals surface area contributed by atoms with Crippen molar-refractivity contribution >= 4 is 11.6 Å². The third kappa shape index (κ3) is 3.80. The van der Waals surface area contributed by atoms with Crippen LogP contribution >= 0.6 is 0 Å². The normalized spacial score (nSPS) is 15.7. The van der Waals surface area contributed by atoms with Crippen LogP contribution in [0.25, 0.3) is 0 Å². The summed E-state index contributed by atoms with van der Waals surface area (Å²) in [6.07, 6.45) is 0.743. The average molecular weight is 414 g/mol. The first kappa shape index (κ1) is 19.8. The molecule has 0 unspecified atom stereocenters. The summed E-state index contributed by atoms with van der Waals surface area (Å²) in [5.74, 6) is 0.382. The molecule has 156 valence electrons. The van der Waals surface area contributed by atoms with Gasteiger partial charge in [-0.05, 0) is 37.3 Å². The van der Waals surface area contributed by atoms with Crippen molar-refractivity contribution < 1.29 is 27.5 Å². The zero-order valence-corrected chi connectivity index (χ0v) is 16.2. The van der Waals surface area contributed by atoms with E-state index in [1.807, 2.05) is 0 Å². The van der Waals surface area contributed by atoms with Gasteiger partial charge in [0.2, 0.25) is 0 Å². The number of rotatable bonds is 7. The molecule has 0 spiro atoms. The van der Waals surface area contributed by atoms with Crippen LogP contribution in [-0.2, 0) is 6.54 Å². The van der Waals surface area contributed by atoms with Gasteiger partial charge < -0.3 is 24.1 Å². The van der Waals surface area contributed by atoms with Gasteiger partial charge in [0.25, 0.3) is 5.91 Å². The fourth-order valence-corrected chi connectivity index (χ4v) is 3.50. The van der Waals surface area contributed by atoms with Gasteiger partial charge in [0.05, 0.1) is 25.0 Å². The zero-order valence-electron chi connectivity index (χ0n) is 16.2. The van der Waals surface area contributed by atoms with Crippen LogP contribution in [-0.4, -0.2) is 24.0 Å². The fourth-order valence-electron chi connectivity index (χ4n) is 3.50. The van der Waals surface area contributed by atoms with Crippen molar-refractivity contribution in [3.8, 4) is 11.5 Å². The molecule has 0 bridgehead atoms. The van der Waals surface area contributed by atoms with Gasteiger partial charge in [-0.1, -0.05) is 24.3 Å². The summed E-state index contributed by atoms with van der Waals surface area (Å²) in [7, 11) is 0. The van der Waals surface area contributed by atoms with Crippen LogP contribution in [0.3, 0.4) is 0 Å². The van der Waals surface area contributed by atoms with E-state index in [1.54, 1.807) is 61.5 Å². The smallest absolute Gasteiger partial charge is 0.387 e. The number of amides is 1. The van der Waals surface area contributed by atoms with Crippen molar-refractivity contribution in [2.75, 3.05) is 11.9 Å². The molecule has 0 radical (unpaired) electrons. The number of ether oxygens (including phenoxy) is 2. The summed E-state index contributed by atoms with van der Waals surface area (Å²) >= 11 is 0. The third-order valence-corrected chi connectivity index (χ3v) is 4.74. The van der Waals surface area contributed by atoms with Gasteiger partial charge in [0.1, 0.15) is 11.9 Å². The van der Waals surface area contributed by atoms with Gasteiger partial charge in [-0.3, -0.25) is 4.79 Å². The molecule has 4 rings (SSSR count). The molecule has 30 heavy (non-hydrogen) atoms. The lowest BCUT2D eigenvalue weighted by molar-refractivity contribution is -0.0526. The van der Waals surface area contributed by atoms with E-state index in [-0.39, 0.29) is 30.6 Å². The molecule has 1 N–H and O–H groups in total. The first-order valence-corrected chi connectivity index (χ1v) is 9.48. The summed E-state index contributed by atoms with van der Waals surface area (Å²) in [6, 6.07) is 15.4. The maximum atomic E-state index is 13.3. The Hall–Kier alpha value is -3.55. The van der Waals surface area contributed by atoms with E-state index in [2.05, 4.69) is 5.32 Å². The zero-order chi connectivity index (χ0) is 21.1. The highest BCUT2D eigenvalue weighted by Gasteiger charge is 2.36. The van der Waals surface area contributed by atoms with Gasteiger partial charge in [0, 0.05) is 11.3 Å². The first-order chi connectivity index (χ1) is 14.6. The number of alkyl halides is 2. The molecule has 0 aliphatic carbocycles. The maximum Gasteiger partial charge on any atom is 0.387 e. The predicted octanol–water partition coefficient (Wildman–Crippen LogP) is 5.05. The second-order valence-corrected chi connectivity index (χ2v) is 6.59. The van der Waals surface area contributed by atoms with Crippen LogP contribution in [0.2, 0.25) is 0 Å². The molecule has 1 aliphatic rings. The van der Waals surface area contributed by atoms with Crippen molar-refractivity contribution in [2.45, 2.75) is 26.2 Å². The third-order valence-electron chi connectivity index (χ3n) is 4.74. The molecule has 6 nitrogen and oxygen atoms in total. The van der Waals surface area contributed by atoms with E-state index in [0.29, 0.717) is 22.6 Å². The van der Waals surface area contributed by atoms with Crippen LogP contribution < -0.4 is 14.8 Å². The van der Waals surface area contributed by atoms with Gasteiger partial charge in [-0.15, -0.1) is 0 Å². The van der Waals surface area contributed by atoms with E-state index < -0.39 is 12.8 Å². The van der Waals surface area contributed by atoms with Crippen LogP contribution in [0, 0.1) is 0 Å². The highest BCUT2D eigenvalue weighted by Crippen LogP contribution is 2.42. The molecular weight excluding hydrogens is 394 g/mol. The molecule has 2 aromatic carbocycles. The topological polar surface area (TPSA) is 63.9 Å². The summed E-state index contributed by atoms with van der Waals surface area (Å²) in [4.78, 5) is 14.8. The first-order valence-electron chi connectivity index (χ1n) is 9.48. The lowest BCUT2D eigenvalue weighted by atomic mass is 10.0.